The van der Waals surface area contributed by atoms with Gasteiger partial charge >= 0.3 is 6.03 Å². The van der Waals surface area contributed by atoms with Crippen LogP contribution in [0.3, 0.4) is 0 Å². The molecule has 1 aliphatic rings. The highest BCUT2D eigenvalue weighted by molar-refractivity contribution is 7.99. The van der Waals surface area contributed by atoms with E-state index in [0.29, 0.717) is 11.3 Å². The molecule has 3 nitrogen and oxygen atoms in total. The molecule has 2 amide bonds. The van der Waals surface area contributed by atoms with Gasteiger partial charge in [0, 0.05) is 17.8 Å². The molecule has 1 fully saturated rings. The monoisotopic (exact) mass is 216 g/mol. The summed E-state index contributed by atoms with van der Waals surface area (Å²) in [7, 11) is 0. The van der Waals surface area contributed by atoms with Gasteiger partial charge in [0.2, 0.25) is 0 Å². The third-order valence-corrected chi connectivity index (χ3v) is 3.72. The summed E-state index contributed by atoms with van der Waals surface area (Å²) in [6.07, 6.45) is 6.69. The first-order chi connectivity index (χ1) is 6.72. The summed E-state index contributed by atoms with van der Waals surface area (Å²) < 4.78 is 0. The van der Waals surface area contributed by atoms with Gasteiger partial charge in [0.1, 0.15) is 0 Å². The lowest BCUT2D eigenvalue weighted by Crippen LogP contribution is -2.45. The SMILES string of the molecule is CSC(C)CCNC(=O)NC1CCC1. The Kier molecular flexibility index (Phi) is 5.15. The molecule has 0 aromatic heterocycles. The van der Waals surface area contributed by atoms with Gasteiger partial charge in [-0.25, -0.2) is 4.79 Å². The third kappa shape index (κ3) is 4.22. The Morgan fingerprint density at radius 1 is 1.57 bits per heavy atom. The Balaban J connectivity index is 1.97. The van der Waals surface area contributed by atoms with Crippen molar-refractivity contribution >= 4 is 17.8 Å². The van der Waals surface area contributed by atoms with E-state index in [-0.39, 0.29) is 6.03 Å². The molecule has 0 saturated heterocycles. The van der Waals surface area contributed by atoms with E-state index >= 15 is 0 Å². The van der Waals surface area contributed by atoms with Crippen molar-refractivity contribution in [3.63, 3.8) is 0 Å². The zero-order valence-corrected chi connectivity index (χ0v) is 9.82. The molecular weight excluding hydrogens is 196 g/mol. The standard InChI is InChI=1S/C10H20N2OS/c1-8(14-2)6-7-11-10(13)12-9-4-3-5-9/h8-9H,3-7H2,1-2H3,(H2,11,12,13). The van der Waals surface area contributed by atoms with Gasteiger partial charge in [0.15, 0.2) is 0 Å². The normalized spacial score (nSPS) is 18.4. The van der Waals surface area contributed by atoms with Crippen LogP contribution in [-0.4, -0.2) is 30.1 Å². The Morgan fingerprint density at radius 3 is 2.79 bits per heavy atom. The highest BCUT2D eigenvalue weighted by Gasteiger charge is 2.18. The second-order valence-corrected chi connectivity index (χ2v) is 5.14. The molecule has 0 radical (unpaired) electrons. The van der Waals surface area contributed by atoms with Crippen LogP contribution in [0.2, 0.25) is 0 Å². The van der Waals surface area contributed by atoms with Crippen LogP contribution in [0.4, 0.5) is 4.79 Å². The number of thioether (sulfide) groups is 1. The van der Waals surface area contributed by atoms with E-state index in [0.717, 1.165) is 25.8 Å². The van der Waals surface area contributed by atoms with Gasteiger partial charge in [-0.15, -0.1) is 0 Å². The number of hydrogen-bond acceptors (Lipinski definition) is 2. The predicted octanol–water partition coefficient (Wildman–Crippen LogP) is 1.98. The number of nitrogens with one attached hydrogen (secondary N) is 2. The molecule has 2 N–H and O–H groups in total. The highest BCUT2D eigenvalue weighted by Crippen LogP contribution is 2.17. The van der Waals surface area contributed by atoms with Crippen LogP contribution >= 0.6 is 11.8 Å². The summed E-state index contributed by atoms with van der Waals surface area (Å²) in [5, 5.41) is 6.46. The molecule has 0 spiro atoms. The Bertz CT molecular complexity index is 183. The van der Waals surface area contributed by atoms with Crippen molar-refractivity contribution < 1.29 is 4.79 Å². The summed E-state index contributed by atoms with van der Waals surface area (Å²) in [4.78, 5) is 11.3. The van der Waals surface area contributed by atoms with Crippen LogP contribution in [-0.2, 0) is 0 Å². The van der Waals surface area contributed by atoms with Crippen LogP contribution < -0.4 is 10.6 Å². The van der Waals surface area contributed by atoms with Crippen LogP contribution in [0.5, 0.6) is 0 Å². The topological polar surface area (TPSA) is 41.1 Å². The molecule has 82 valence electrons. The lowest BCUT2D eigenvalue weighted by atomic mass is 9.93. The number of urea groups is 1. The number of carbonyl (C=O) groups excluding carboxylic acids is 1. The number of amides is 2. The van der Waals surface area contributed by atoms with Crippen molar-refractivity contribution in [3.05, 3.63) is 0 Å². The first-order valence-electron chi connectivity index (χ1n) is 5.29. The van der Waals surface area contributed by atoms with Gasteiger partial charge in [-0.1, -0.05) is 6.92 Å². The Hall–Kier alpha value is -0.380. The largest absolute Gasteiger partial charge is 0.338 e. The van der Waals surface area contributed by atoms with E-state index in [1.807, 2.05) is 11.8 Å². The maximum absolute atomic E-state index is 11.3. The molecule has 1 aliphatic carbocycles. The van der Waals surface area contributed by atoms with Gasteiger partial charge in [0.25, 0.3) is 0 Å². The lowest BCUT2D eigenvalue weighted by Gasteiger charge is -2.26. The van der Waals surface area contributed by atoms with Crippen molar-refractivity contribution in [1.82, 2.24) is 10.6 Å². The number of rotatable bonds is 5. The van der Waals surface area contributed by atoms with E-state index in [4.69, 9.17) is 0 Å². The van der Waals surface area contributed by atoms with Crippen LogP contribution in [0.25, 0.3) is 0 Å². The molecule has 0 bridgehead atoms. The van der Waals surface area contributed by atoms with E-state index in [2.05, 4.69) is 23.8 Å². The van der Waals surface area contributed by atoms with E-state index in [1.165, 1.54) is 6.42 Å². The highest BCUT2D eigenvalue weighted by atomic mass is 32.2. The minimum Gasteiger partial charge on any atom is -0.338 e. The van der Waals surface area contributed by atoms with E-state index < -0.39 is 0 Å². The number of carbonyl (C=O) groups is 1. The number of hydrogen-bond donors (Lipinski definition) is 2. The fourth-order valence-corrected chi connectivity index (χ4v) is 1.65. The van der Waals surface area contributed by atoms with Gasteiger partial charge in [-0.2, -0.15) is 11.8 Å². The van der Waals surface area contributed by atoms with Gasteiger partial charge < -0.3 is 10.6 Å². The summed E-state index contributed by atoms with van der Waals surface area (Å²) in [6, 6.07) is 0.441. The van der Waals surface area contributed by atoms with Gasteiger partial charge in [0.05, 0.1) is 0 Å². The van der Waals surface area contributed by atoms with Gasteiger partial charge in [-0.3, -0.25) is 0 Å². The molecule has 4 heteroatoms. The molecule has 1 rings (SSSR count). The summed E-state index contributed by atoms with van der Waals surface area (Å²) in [6.45, 7) is 2.96. The second kappa shape index (κ2) is 6.17. The first-order valence-corrected chi connectivity index (χ1v) is 6.58. The average Bonchev–Trinajstić information content (AvgIpc) is 2.11. The van der Waals surface area contributed by atoms with Crippen LogP contribution in [0, 0.1) is 0 Å². The smallest absolute Gasteiger partial charge is 0.315 e. The third-order valence-electron chi connectivity index (χ3n) is 2.68. The van der Waals surface area contributed by atoms with Crippen molar-refractivity contribution in [2.45, 2.75) is 43.9 Å². The molecule has 0 aromatic carbocycles. The molecule has 0 aromatic rings. The lowest BCUT2D eigenvalue weighted by molar-refractivity contribution is 0.228. The fraction of sp³-hybridized carbons (Fsp3) is 0.900. The Morgan fingerprint density at radius 2 is 2.29 bits per heavy atom. The molecule has 1 atom stereocenters. The van der Waals surface area contributed by atoms with Crippen molar-refractivity contribution in [2.24, 2.45) is 0 Å². The van der Waals surface area contributed by atoms with Crippen molar-refractivity contribution in [2.75, 3.05) is 12.8 Å². The van der Waals surface area contributed by atoms with Crippen molar-refractivity contribution in [3.8, 4) is 0 Å². The zero-order valence-electron chi connectivity index (χ0n) is 9.01. The summed E-state index contributed by atoms with van der Waals surface area (Å²) in [5.74, 6) is 0. The first kappa shape index (κ1) is 11.7. The molecular formula is C10H20N2OS. The van der Waals surface area contributed by atoms with E-state index in [1.54, 1.807) is 0 Å². The minimum atomic E-state index is 0.00278. The predicted molar refractivity (Wildman–Crippen MR) is 61.8 cm³/mol. The fourth-order valence-electron chi connectivity index (χ4n) is 1.30. The maximum atomic E-state index is 11.3. The molecule has 1 saturated carbocycles. The second-order valence-electron chi connectivity index (χ2n) is 3.86. The van der Waals surface area contributed by atoms with Gasteiger partial charge in [-0.05, 0) is 31.9 Å². The zero-order chi connectivity index (χ0) is 10.4. The minimum absolute atomic E-state index is 0.00278. The average molecular weight is 216 g/mol. The maximum Gasteiger partial charge on any atom is 0.315 e. The summed E-state index contributed by atoms with van der Waals surface area (Å²) in [5.41, 5.74) is 0. The Labute approximate surface area is 90.4 Å². The quantitative estimate of drug-likeness (QED) is 0.738. The molecule has 0 aliphatic heterocycles. The van der Waals surface area contributed by atoms with Crippen molar-refractivity contribution in [1.29, 1.82) is 0 Å². The van der Waals surface area contributed by atoms with Crippen LogP contribution in [0.1, 0.15) is 32.6 Å². The summed E-state index contributed by atoms with van der Waals surface area (Å²) >= 11 is 1.83. The molecule has 1 unspecified atom stereocenters. The van der Waals surface area contributed by atoms with E-state index in [9.17, 15) is 4.79 Å². The molecule has 0 heterocycles. The molecule has 14 heavy (non-hydrogen) atoms. The van der Waals surface area contributed by atoms with Crippen LogP contribution in [0.15, 0.2) is 0 Å².